The molecule has 2 rings (SSSR count). The molecule has 0 saturated carbocycles. The van der Waals surface area contributed by atoms with Gasteiger partial charge in [0.15, 0.2) is 0 Å². The van der Waals surface area contributed by atoms with Crippen LogP contribution in [0.5, 0.6) is 11.5 Å². The summed E-state index contributed by atoms with van der Waals surface area (Å²) in [5.74, 6) is 1.33. The second kappa shape index (κ2) is 5.85. The molecule has 2 aromatic carbocycles. The first-order valence-corrected chi connectivity index (χ1v) is 5.74. The van der Waals surface area contributed by atoms with Gasteiger partial charge in [-0.2, -0.15) is 5.26 Å². The molecule has 0 atom stereocenters. The van der Waals surface area contributed by atoms with Crippen LogP contribution in [-0.2, 0) is 6.54 Å². The summed E-state index contributed by atoms with van der Waals surface area (Å²) in [6.45, 7) is 0.789. The minimum absolute atomic E-state index is 0.538. The van der Waals surface area contributed by atoms with Gasteiger partial charge in [0.05, 0.1) is 5.56 Å². The fourth-order valence-electron chi connectivity index (χ4n) is 1.70. The molecule has 3 nitrogen and oxygen atoms in total. The van der Waals surface area contributed by atoms with E-state index in [1.165, 1.54) is 0 Å². The van der Waals surface area contributed by atoms with Crippen molar-refractivity contribution in [2.45, 2.75) is 6.54 Å². The van der Waals surface area contributed by atoms with Crippen LogP contribution in [0.25, 0.3) is 0 Å². The van der Waals surface area contributed by atoms with Gasteiger partial charge in [0.2, 0.25) is 0 Å². The topological polar surface area (TPSA) is 45.0 Å². The van der Waals surface area contributed by atoms with Crippen LogP contribution in [0.2, 0.25) is 0 Å². The van der Waals surface area contributed by atoms with Crippen LogP contribution in [-0.4, -0.2) is 7.05 Å². The van der Waals surface area contributed by atoms with Crippen molar-refractivity contribution in [3.63, 3.8) is 0 Å². The van der Waals surface area contributed by atoms with E-state index in [1.54, 1.807) is 12.1 Å². The molecule has 3 heteroatoms. The summed E-state index contributed by atoms with van der Waals surface area (Å²) < 4.78 is 5.74. The fourth-order valence-corrected chi connectivity index (χ4v) is 1.70. The zero-order chi connectivity index (χ0) is 12.8. The van der Waals surface area contributed by atoms with Crippen LogP contribution < -0.4 is 10.1 Å². The number of nitrogens with one attached hydrogen (secondary N) is 1. The molecule has 90 valence electrons. The van der Waals surface area contributed by atoms with Gasteiger partial charge in [-0.05, 0) is 36.9 Å². The Kier molecular flexibility index (Phi) is 3.95. The summed E-state index contributed by atoms with van der Waals surface area (Å²) in [5.41, 5.74) is 1.68. The number of para-hydroxylation sites is 1. The zero-order valence-corrected chi connectivity index (χ0v) is 10.2. The van der Waals surface area contributed by atoms with Crippen LogP contribution in [0.4, 0.5) is 0 Å². The van der Waals surface area contributed by atoms with Crippen LogP contribution in [0.15, 0.2) is 48.5 Å². The first-order chi connectivity index (χ1) is 8.83. The maximum atomic E-state index is 9.00. The monoisotopic (exact) mass is 238 g/mol. The van der Waals surface area contributed by atoms with E-state index in [0.29, 0.717) is 11.3 Å². The van der Waals surface area contributed by atoms with E-state index in [1.807, 2.05) is 43.4 Å². The standard InChI is InChI=1S/C15H14N2O/c1-17-11-12-5-4-7-14(9-12)18-15-8-3-2-6-13(15)10-16/h2-9,17H,11H2,1H3. The van der Waals surface area contributed by atoms with E-state index in [9.17, 15) is 0 Å². The minimum Gasteiger partial charge on any atom is -0.456 e. The second-order valence-electron chi connectivity index (χ2n) is 3.89. The second-order valence-corrected chi connectivity index (χ2v) is 3.89. The first kappa shape index (κ1) is 12.2. The highest BCUT2D eigenvalue weighted by Gasteiger charge is 2.03. The van der Waals surface area contributed by atoms with Gasteiger partial charge in [-0.15, -0.1) is 0 Å². The number of benzene rings is 2. The molecule has 0 radical (unpaired) electrons. The van der Waals surface area contributed by atoms with Crippen molar-refractivity contribution < 1.29 is 4.74 Å². The first-order valence-electron chi connectivity index (χ1n) is 5.74. The molecule has 0 fully saturated rings. The average Bonchev–Trinajstić information content (AvgIpc) is 2.40. The molecule has 0 aliphatic rings. The minimum atomic E-state index is 0.538. The molecule has 0 bridgehead atoms. The van der Waals surface area contributed by atoms with Crippen LogP contribution in [0.3, 0.4) is 0 Å². The van der Waals surface area contributed by atoms with E-state index >= 15 is 0 Å². The Morgan fingerprint density at radius 3 is 2.78 bits per heavy atom. The van der Waals surface area contributed by atoms with Crippen molar-refractivity contribution in [1.82, 2.24) is 5.32 Å². The molecule has 1 N–H and O–H groups in total. The molecule has 18 heavy (non-hydrogen) atoms. The SMILES string of the molecule is CNCc1cccc(Oc2ccccc2C#N)c1. The van der Waals surface area contributed by atoms with E-state index in [0.717, 1.165) is 17.9 Å². The largest absolute Gasteiger partial charge is 0.456 e. The predicted octanol–water partition coefficient (Wildman–Crippen LogP) is 3.07. The Morgan fingerprint density at radius 2 is 2.00 bits per heavy atom. The summed E-state index contributed by atoms with van der Waals surface area (Å²) in [7, 11) is 1.90. The van der Waals surface area contributed by atoms with Crippen molar-refractivity contribution in [3.8, 4) is 17.6 Å². The normalized spacial score (nSPS) is 9.78. The quantitative estimate of drug-likeness (QED) is 0.890. The van der Waals surface area contributed by atoms with Crippen molar-refractivity contribution in [1.29, 1.82) is 5.26 Å². The Labute approximate surface area is 107 Å². The van der Waals surface area contributed by atoms with Gasteiger partial charge in [-0.1, -0.05) is 24.3 Å². The highest BCUT2D eigenvalue weighted by atomic mass is 16.5. The van der Waals surface area contributed by atoms with Gasteiger partial charge in [0.1, 0.15) is 17.6 Å². The highest BCUT2D eigenvalue weighted by molar-refractivity contribution is 5.45. The van der Waals surface area contributed by atoms with Crippen molar-refractivity contribution in [3.05, 3.63) is 59.7 Å². The Hall–Kier alpha value is -2.31. The number of ether oxygens (including phenoxy) is 1. The van der Waals surface area contributed by atoms with Crippen molar-refractivity contribution >= 4 is 0 Å². The van der Waals surface area contributed by atoms with Gasteiger partial charge in [0.25, 0.3) is 0 Å². The number of nitrogens with zero attached hydrogens (tertiary/aromatic N) is 1. The molecule has 0 aliphatic carbocycles. The van der Waals surface area contributed by atoms with Gasteiger partial charge in [0, 0.05) is 6.54 Å². The van der Waals surface area contributed by atoms with Gasteiger partial charge >= 0.3 is 0 Å². The number of nitriles is 1. The highest BCUT2D eigenvalue weighted by Crippen LogP contribution is 2.25. The summed E-state index contributed by atoms with van der Waals surface area (Å²) in [6.07, 6.45) is 0. The van der Waals surface area contributed by atoms with Gasteiger partial charge < -0.3 is 10.1 Å². The lowest BCUT2D eigenvalue weighted by atomic mass is 10.2. The summed E-state index contributed by atoms with van der Waals surface area (Å²) in [6, 6.07) is 17.1. The Bertz CT molecular complexity index is 573. The molecule has 0 unspecified atom stereocenters. The molecular formula is C15H14N2O. The van der Waals surface area contributed by atoms with Crippen molar-refractivity contribution in [2.75, 3.05) is 7.05 Å². The van der Waals surface area contributed by atoms with Gasteiger partial charge in [-0.25, -0.2) is 0 Å². The third kappa shape index (κ3) is 2.88. The smallest absolute Gasteiger partial charge is 0.145 e. The summed E-state index contributed by atoms with van der Waals surface area (Å²) in [5, 5.41) is 12.1. The van der Waals surface area contributed by atoms with E-state index in [2.05, 4.69) is 11.4 Å². The third-order valence-electron chi connectivity index (χ3n) is 2.51. The molecule has 0 spiro atoms. The molecule has 0 saturated heterocycles. The molecule has 0 aliphatic heterocycles. The molecular weight excluding hydrogens is 224 g/mol. The average molecular weight is 238 g/mol. The molecule has 0 aromatic heterocycles. The van der Waals surface area contributed by atoms with E-state index in [4.69, 9.17) is 10.00 Å². The molecule has 0 heterocycles. The molecule has 2 aromatic rings. The maximum Gasteiger partial charge on any atom is 0.145 e. The lowest BCUT2D eigenvalue weighted by Gasteiger charge is -2.08. The fraction of sp³-hybridized carbons (Fsp3) is 0.133. The maximum absolute atomic E-state index is 9.00. The van der Waals surface area contributed by atoms with Crippen LogP contribution >= 0.6 is 0 Å². The van der Waals surface area contributed by atoms with Crippen LogP contribution in [0, 0.1) is 11.3 Å². The Balaban J connectivity index is 2.23. The zero-order valence-electron chi connectivity index (χ0n) is 10.2. The number of rotatable bonds is 4. The van der Waals surface area contributed by atoms with E-state index in [-0.39, 0.29) is 0 Å². The third-order valence-corrected chi connectivity index (χ3v) is 2.51. The lowest BCUT2D eigenvalue weighted by Crippen LogP contribution is -2.04. The van der Waals surface area contributed by atoms with Gasteiger partial charge in [-0.3, -0.25) is 0 Å². The number of hydrogen-bond acceptors (Lipinski definition) is 3. The summed E-state index contributed by atoms with van der Waals surface area (Å²) in [4.78, 5) is 0. The predicted molar refractivity (Wildman–Crippen MR) is 70.4 cm³/mol. The summed E-state index contributed by atoms with van der Waals surface area (Å²) >= 11 is 0. The van der Waals surface area contributed by atoms with Crippen LogP contribution in [0.1, 0.15) is 11.1 Å². The van der Waals surface area contributed by atoms with E-state index < -0.39 is 0 Å². The van der Waals surface area contributed by atoms with Crippen molar-refractivity contribution in [2.24, 2.45) is 0 Å². The lowest BCUT2D eigenvalue weighted by molar-refractivity contribution is 0.480. The molecule has 0 amide bonds. The number of hydrogen-bond donors (Lipinski definition) is 1. The Morgan fingerprint density at radius 1 is 1.17 bits per heavy atom.